The van der Waals surface area contributed by atoms with Gasteiger partial charge in [-0.3, -0.25) is 4.99 Å². The number of guanidine groups is 1. The molecule has 1 aromatic rings. The summed E-state index contributed by atoms with van der Waals surface area (Å²) in [4.78, 5) is 11.1. The number of methoxy groups -OCH3 is 1. The minimum Gasteiger partial charge on any atom is -0.481 e. The lowest BCUT2D eigenvalue weighted by molar-refractivity contribution is 0.232. The van der Waals surface area contributed by atoms with E-state index in [1.54, 1.807) is 14.2 Å². The van der Waals surface area contributed by atoms with E-state index in [0.29, 0.717) is 12.4 Å². The molecule has 1 fully saturated rings. The molecule has 0 atom stereocenters. The summed E-state index contributed by atoms with van der Waals surface area (Å²) < 4.78 is 5.13. The molecule has 1 aliphatic rings. The van der Waals surface area contributed by atoms with Crippen molar-refractivity contribution in [2.24, 2.45) is 4.99 Å². The summed E-state index contributed by atoms with van der Waals surface area (Å²) in [6.45, 7) is 5.05. The number of hydrogen-bond acceptors (Lipinski definition) is 4. The third-order valence-electron chi connectivity index (χ3n) is 3.82. The van der Waals surface area contributed by atoms with Crippen LogP contribution in [0.5, 0.6) is 5.88 Å². The molecule has 0 radical (unpaired) electrons. The van der Waals surface area contributed by atoms with Gasteiger partial charge in [-0.2, -0.15) is 0 Å². The zero-order chi connectivity index (χ0) is 15.6. The van der Waals surface area contributed by atoms with Crippen molar-refractivity contribution in [3.8, 4) is 5.88 Å². The van der Waals surface area contributed by atoms with E-state index in [4.69, 9.17) is 4.74 Å². The fourth-order valence-corrected chi connectivity index (χ4v) is 2.58. The topological polar surface area (TPSA) is 61.8 Å². The largest absolute Gasteiger partial charge is 0.481 e. The van der Waals surface area contributed by atoms with Gasteiger partial charge in [-0.1, -0.05) is 12.5 Å². The van der Waals surface area contributed by atoms with Crippen LogP contribution in [-0.2, 0) is 6.54 Å². The molecular formula is C16H28IN5O. The molecule has 0 unspecified atom stereocenters. The second-order valence-corrected chi connectivity index (χ2v) is 5.43. The smallest absolute Gasteiger partial charge is 0.213 e. The summed E-state index contributed by atoms with van der Waals surface area (Å²) in [7, 11) is 3.41. The predicted octanol–water partition coefficient (Wildman–Crippen LogP) is 1.86. The van der Waals surface area contributed by atoms with Crippen molar-refractivity contribution >= 4 is 29.9 Å². The van der Waals surface area contributed by atoms with Crippen molar-refractivity contribution in [1.29, 1.82) is 0 Å². The van der Waals surface area contributed by atoms with E-state index in [2.05, 4.69) is 25.5 Å². The average molecular weight is 433 g/mol. The van der Waals surface area contributed by atoms with Crippen molar-refractivity contribution in [3.05, 3.63) is 23.9 Å². The number of aliphatic imine (C=N–C) groups is 1. The number of nitrogens with one attached hydrogen (secondary N) is 2. The van der Waals surface area contributed by atoms with Gasteiger partial charge < -0.3 is 20.3 Å². The van der Waals surface area contributed by atoms with Crippen LogP contribution in [0, 0.1) is 0 Å². The van der Waals surface area contributed by atoms with Crippen LogP contribution in [0.3, 0.4) is 0 Å². The Morgan fingerprint density at radius 2 is 2.04 bits per heavy atom. The average Bonchev–Trinajstić information content (AvgIpc) is 2.59. The van der Waals surface area contributed by atoms with Crippen LogP contribution in [0.1, 0.15) is 25.0 Å². The molecular weight excluding hydrogens is 405 g/mol. The maximum atomic E-state index is 5.13. The molecule has 23 heavy (non-hydrogen) atoms. The lowest BCUT2D eigenvalue weighted by Crippen LogP contribution is -2.42. The van der Waals surface area contributed by atoms with Gasteiger partial charge >= 0.3 is 0 Å². The van der Waals surface area contributed by atoms with Gasteiger partial charge in [0.2, 0.25) is 5.88 Å². The predicted molar refractivity (Wildman–Crippen MR) is 105 cm³/mol. The normalized spacial score (nSPS) is 15.7. The zero-order valence-corrected chi connectivity index (χ0v) is 16.4. The van der Waals surface area contributed by atoms with Gasteiger partial charge in [0, 0.05) is 26.2 Å². The van der Waals surface area contributed by atoms with Crippen LogP contribution in [0.15, 0.2) is 23.2 Å². The molecule has 7 heteroatoms. The van der Waals surface area contributed by atoms with Crippen LogP contribution in [0.4, 0.5) is 0 Å². The van der Waals surface area contributed by atoms with Gasteiger partial charge in [-0.15, -0.1) is 24.0 Å². The third kappa shape index (κ3) is 7.34. The standard InChI is InChI=1S/C16H27N5O.HI/c1-17-16(18-9-12-21-10-4-3-5-11-21)19-13-14-7-6-8-15(20-14)22-2;/h6-8H,3-5,9-13H2,1-2H3,(H2,17,18,19);1H. The highest BCUT2D eigenvalue weighted by Crippen LogP contribution is 2.07. The highest BCUT2D eigenvalue weighted by Gasteiger charge is 2.09. The first-order chi connectivity index (χ1) is 10.8. The Labute approximate surface area is 156 Å². The van der Waals surface area contributed by atoms with Crippen LogP contribution in [-0.4, -0.2) is 56.2 Å². The first-order valence-corrected chi connectivity index (χ1v) is 7.98. The molecule has 0 aromatic carbocycles. The Morgan fingerprint density at radius 1 is 1.26 bits per heavy atom. The Bertz CT molecular complexity index is 477. The van der Waals surface area contributed by atoms with Crippen LogP contribution >= 0.6 is 24.0 Å². The molecule has 1 saturated heterocycles. The van der Waals surface area contributed by atoms with E-state index in [-0.39, 0.29) is 24.0 Å². The number of pyridine rings is 1. The van der Waals surface area contributed by atoms with E-state index < -0.39 is 0 Å². The maximum absolute atomic E-state index is 5.13. The Hall–Kier alpha value is -1.09. The van der Waals surface area contributed by atoms with E-state index in [1.807, 2.05) is 18.2 Å². The van der Waals surface area contributed by atoms with Crippen molar-refractivity contribution in [1.82, 2.24) is 20.5 Å². The number of ether oxygens (including phenoxy) is 1. The van der Waals surface area contributed by atoms with E-state index in [0.717, 1.165) is 24.7 Å². The van der Waals surface area contributed by atoms with Crippen LogP contribution in [0.25, 0.3) is 0 Å². The van der Waals surface area contributed by atoms with Gasteiger partial charge in [0.05, 0.1) is 19.3 Å². The van der Waals surface area contributed by atoms with E-state index in [9.17, 15) is 0 Å². The number of likely N-dealkylation sites (tertiary alicyclic amines) is 1. The van der Waals surface area contributed by atoms with Crippen molar-refractivity contribution < 1.29 is 4.74 Å². The molecule has 6 nitrogen and oxygen atoms in total. The van der Waals surface area contributed by atoms with Gasteiger partial charge in [-0.25, -0.2) is 4.98 Å². The minimum atomic E-state index is 0. The second kappa shape index (κ2) is 11.4. The number of piperidine rings is 1. The fourth-order valence-electron chi connectivity index (χ4n) is 2.58. The molecule has 2 rings (SSSR count). The number of halogens is 1. The first-order valence-electron chi connectivity index (χ1n) is 7.98. The molecule has 1 aromatic heterocycles. The molecule has 2 N–H and O–H groups in total. The Balaban J connectivity index is 0.00000264. The molecule has 0 bridgehead atoms. The second-order valence-electron chi connectivity index (χ2n) is 5.43. The molecule has 0 spiro atoms. The summed E-state index contributed by atoms with van der Waals surface area (Å²) in [5.74, 6) is 1.44. The lowest BCUT2D eigenvalue weighted by atomic mass is 10.1. The summed E-state index contributed by atoms with van der Waals surface area (Å²) in [5.41, 5.74) is 0.929. The van der Waals surface area contributed by atoms with Crippen molar-refractivity contribution in [2.75, 3.05) is 40.3 Å². The Morgan fingerprint density at radius 3 is 2.74 bits per heavy atom. The SMILES string of the molecule is CN=C(NCCN1CCCCC1)NCc1cccc(OC)n1.I. The third-order valence-corrected chi connectivity index (χ3v) is 3.82. The van der Waals surface area contributed by atoms with Crippen LogP contribution < -0.4 is 15.4 Å². The summed E-state index contributed by atoms with van der Waals surface area (Å²) in [6.07, 6.45) is 4.03. The van der Waals surface area contributed by atoms with Gasteiger partial charge in [-0.05, 0) is 32.0 Å². The highest BCUT2D eigenvalue weighted by molar-refractivity contribution is 14.0. The van der Waals surface area contributed by atoms with Gasteiger partial charge in [0.15, 0.2) is 5.96 Å². The van der Waals surface area contributed by atoms with E-state index in [1.165, 1.54) is 32.4 Å². The lowest BCUT2D eigenvalue weighted by Gasteiger charge is -2.26. The summed E-state index contributed by atoms with van der Waals surface area (Å²) in [5, 5.41) is 6.63. The molecule has 130 valence electrons. The minimum absolute atomic E-state index is 0. The number of nitrogens with zero attached hydrogens (tertiary/aromatic N) is 3. The molecule has 0 saturated carbocycles. The van der Waals surface area contributed by atoms with Crippen LogP contribution in [0.2, 0.25) is 0 Å². The fraction of sp³-hybridized carbons (Fsp3) is 0.625. The van der Waals surface area contributed by atoms with E-state index >= 15 is 0 Å². The molecule has 1 aliphatic heterocycles. The highest BCUT2D eigenvalue weighted by atomic mass is 127. The monoisotopic (exact) mass is 433 g/mol. The van der Waals surface area contributed by atoms with Crippen molar-refractivity contribution in [3.63, 3.8) is 0 Å². The quantitative estimate of drug-likeness (QED) is 0.408. The zero-order valence-electron chi connectivity index (χ0n) is 14.0. The number of aromatic nitrogens is 1. The number of hydrogen-bond donors (Lipinski definition) is 2. The number of rotatable bonds is 6. The van der Waals surface area contributed by atoms with Crippen molar-refractivity contribution in [2.45, 2.75) is 25.8 Å². The van der Waals surface area contributed by atoms with Gasteiger partial charge in [0.25, 0.3) is 0 Å². The van der Waals surface area contributed by atoms with Gasteiger partial charge in [0.1, 0.15) is 0 Å². The maximum Gasteiger partial charge on any atom is 0.213 e. The Kier molecular flexibility index (Phi) is 9.93. The summed E-state index contributed by atoms with van der Waals surface area (Å²) >= 11 is 0. The molecule has 0 aliphatic carbocycles. The first kappa shape index (κ1) is 20.0. The molecule has 2 heterocycles. The summed E-state index contributed by atoms with van der Waals surface area (Å²) in [6, 6.07) is 5.75. The molecule has 0 amide bonds.